The average molecular weight is 280 g/mol. The van der Waals surface area contributed by atoms with E-state index in [0.717, 1.165) is 0 Å². The third kappa shape index (κ3) is 3.64. The lowest BCUT2D eigenvalue weighted by molar-refractivity contribution is -0.142. The van der Waals surface area contributed by atoms with E-state index in [9.17, 15) is 13.2 Å². The van der Waals surface area contributed by atoms with Gasteiger partial charge >= 0.3 is 5.97 Å². The van der Waals surface area contributed by atoms with E-state index in [0.29, 0.717) is 19.3 Å². The number of nitrogens with zero attached hydrogens (tertiary/aromatic N) is 2. The van der Waals surface area contributed by atoms with E-state index in [1.807, 2.05) is 0 Å². The number of carboxylic acid groups (broad SMARTS) is 1. The summed E-state index contributed by atoms with van der Waals surface area (Å²) in [7, 11) is -2.05. The highest BCUT2D eigenvalue weighted by Gasteiger charge is 2.32. The molecule has 0 bridgehead atoms. The minimum atomic E-state index is -3.52. The first-order valence-corrected chi connectivity index (χ1v) is 7.34. The van der Waals surface area contributed by atoms with Crippen molar-refractivity contribution in [1.29, 1.82) is 0 Å². The van der Waals surface area contributed by atoms with Crippen molar-refractivity contribution in [2.45, 2.75) is 19.3 Å². The van der Waals surface area contributed by atoms with Gasteiger partial charge in [0.25, 0.3) is 10.2 Å². The number of piperidine rings is 1. The van der Waals surface area contributed by atoms with Crippen LogP contribution in [0.3, 0.4) is 0 Å². The Morgan fingerprint density at radius 2 is 1.94 bits per heavy atom. The van der Waals surface area contributed by atoms with Gasteiger partial charge in [-0.15, -0.1) is 0 Å². The molecule has 8 heteroatoms. The Morgan fingerprint density at radius 3 is 2.39 bits per heavy atom. The number of rotatable bonds is 6. The summed E-state index contributed by atoms with van der Waals surface area (Å²) in [5.74, 6) is -1.31. The molecule has 0 aromatic rings. The molecule has 0 aromatic heterocycles. The van der Waals surface area contributed by atoms with Crippen LogP contribution in [0.4, 0.5) is 0 Å². The Balaban J connectivity index is 2.57. The van der Waals surface area contributed by atoms with Crippen molar-refractivity contribution in [1.82, 2.24) is 8.61 Å². The summed E-state index contributed by atoms with van der Waals surface area (Å²) >= 11 is 0. The molecule has 1 saturated heterocycles. The maximum absolute atomic E-state index is 12.1. The minimum Gasteiger partial charge on any atom is -0.481 e. The molecule has 1 rings (SSSR count). The summed E-state index contributed by atoms with van der Waals surface area (Å²) in [6.45, 7) is 0.685. The van der Waals surface area contributed by atoms with Gasteiger partial charge in [0, 0.05) is 33.3 Å². The van der Waals surface area contributed by atoms with Gasteiger partial charge < -0.3 is 10.2 Å². The molecule has 0 spiro atoms. The predicted molar refractivity (Wildman–Crippen MR) is 65.2 cm³/mol. The number of carbonyl (C=O) groups is 1. The van der Waals surface area contributed by atoms with Gasteiger partial charge in [-0.3, -0.25) is 4.79 Å². The molecule has 18 heavy (non-hydrogen) atoms. The monoisotopic (exact) mass is 280 g/mol. The molecule has 0 amide bonds. The maximum atomic E-state index is 12.1. The standard InChI is InChI=1S/C10H20N2O5S/c1-11(5-2-8-13)18(16,17)12-6-3-9(4-7-12)10(14)15/h9,13H,2-8H2,1H3,(H,14,15). The molecule has 2 N–H and O–H groups in total. The molecule has 0 aromatic carbocycles. The summed E-state index contributed by atoms with van der Waals surface area (Å²) < 4.78 is 26.7. The van der Waals surface area contributed by atoms with Crippen molar-refractivity contribution in [3.05, 3.63) is 0 Å². The van der Waals surface area contributed by atoms with E-state index < -0.39 is 22.1 Å². The van der Waals surface area contributed by atoms with Gasteiger partial charge in [0.2, 0.25) is 0 Å². The molecule has 7 nitrogen and oxygen atoms in total. The second-order valence-electron chi connectivity index (χ2n) is 4.42. The fourth-order valence-electron chi connectivity index (χ4n) is 1.94. The van der Waals surface area contributed by atoms with Gasteiger partial charge in [-0.1, -0.05) is 0 Å². The maximum Gasteiger partial charge on any atom is 0.306 e. The molecule has 1 aliphatic heterocycles. The van der Waals surface area contributed by atoms with Crippen LogP contribution in [0.15, 0.2) is 0 Å². The Bertz CT molecular complexity index is 376. The quantitative estimate of drug-likeness (QED) is 0.673. The van der Waals surface area contributed by atoms with Crippen LogP contribution >= 0.6 is 0 Å². The first-order valence-electron chi connectivity index (χ1n) is 5.94. The van der Waals surface area contributed by atoms with Gasteiger partial charge in [0.05, 0.1) is 5.92 Å². The lowest BCUT2D eigenvalue weighted by Gasteiger charge is -2.32. The van der Waals surface area contributed by atoms with E-state index >= 15 is 0 Å². The van der Waals surface area contributed by atoms with E-state index in [1.165, 1.54) is 15.7 Å². The highest BCUT2D eigenvalue weighted by Crippen LogP contribution is 2.21. The number of carboxylic acids is 1. The van der Waals surface area contributed by atoms with Crippen LogP contribution < -0.4 is 0 Å². The zero-order valence-electron chi connectivity index (χ0n) is 10.4. The highest BCUT2D eigenvalue weighted by molar-refractivity contribution is 7.86. The van der Waals surface area contributed by atoms with Gasteiger partial charge in [-0.25, -0.2) is 0 Å². The molecule has 0 unspecified atom stereocenters. The van der Waals surface area contributed by atoms with Crippen molar-refractivity contribution in [3.8, 4) is 0 Å². The van der Waals surface area contributed by atoms with Crippen LogP contribution in [0.2, 0.25) is 0 Å². The van der Waals surface area contributed by atoms with E-state index in [2.05, 4.69) is 0 Å². The Labute approximate surface area is 107 Å². The highest BCUT2D eigenvalue weighted by atomic mass is 32.2. The number of aliphatic hydroxyl groups excluding tert-OH is 1. The zero-order valence-corrected chi connectivity index (χ0v) is 11.3. The van der Waals surface area contributed by atoms with E-state index in [1.54, 1.807) is 0 Å². The number of hydrogen-bond donors (Lipinski definition) is 2. The molecule has 106 valence electrons. The lowest BCUT2D eigenvalue weighted by atomic mass is 9.99. The fourth-order valence-corrected chi connectivity index (χ4v) is 3.37. The molecule has 1 heterocycles. The topological polar surface area (TPSA) is 98.2 Å². The van der Waals surface area contributed by atoms with Crippen molar-refractivity contribution in [2.75, 3.05) is 33.3 Å². The molecule has 0 saturated carbocycles. The molecule has 0 radical (unpaired) electrons. The second-order valence-corrected chi connectivity index (χ2v) is 6.45. The molecule has 1 fully saturated rings. The number of hydrogen-bond acceptors (Lipinski definition) is 4. The number of aliphatic hydroxyl groups is 1. The predicted octanol–water partition coefficient (Wildman–Crippen LogP) is -0.658. The molecule has 0 aliphatic carbocycles. The van der Waals surface area contributed by atoms with Crippen molar-refractivity contribution in [3.63, 3.8) is 0 Å². The number of aliphatic carboxylic acids is 1. The van der Waals surface area contributed by atoms with E-state index in [-0.39, 0.29) is 26.2 Å². The normalized spacial score (nSPS) is 19.3. The molecule has 1 aliphatic rings. The van der Waals surface area contributed by atoms with Crippen LogP contribution in [0.1, 0.15) is 19.3 Å². The molecular weight excluding hydrogens is 260 g/mol. The smallest absolute Gasteiger partial charge is 0.306 e. The Morgan fingerprint density at radius 1 is 1.39 bits per heavy atom. The second kappa shape index (κ2) is 6.46. The largest absolute Gasteiger partial charge is 0.481 e. The van der Waals surface area contributed by atoms with E-state index in [4.69, 9.17) is 10.2 Å². The fraction of sp³-hybridized carbons (Fsp3) is 0.900. The first kappa shape index (κ1) is 15.4. The Kier molecular flexibility index (Phi) is 5.51. The zero-order chi connectivity index (χ0) is 13.8. The summed E-state index contributed by atoms with van der Waals surface area (Å²) in [5, 5.41) is 17.5. The SMILES string of the molecule is CN(CCCO)S(=O)(=O)N1CCC(C(=O)O)CC1. The van der Waals surface area contributed by atoms with Gasteiger partial charge in [0.1, 0.15) is 0 Å². The van der Waals surface area contributed by atoms with Gasteiger partial charge in [0.15, 0.2) is 0 Å². The van der Waals surface area contributed by atoms with Crippen molar-refractivity contribution >= 4 is 16.2 Å². The van der Waals surface area contributed by atoms with Gasteiger partial charge in [-0.2, -0.15) is 17.0 Å². The Hall–Kier alpha value is -0.700. The minimum absolute atomic E-state index is 0.0546. The third-order valence-electron chi connectivity index (χ3n) is 3.15. The molecule has 0 atom stereocenters. The van der Waals surface area contributed by atoms with Crippen LogP contribution in [-0.2, 0) is 15.0 Å². The van der Waals surface area contributed by atoms with Crippen molar-refractivity contribution in [2.24, 2.45) is 5.92 Å². The van der Waals surface area contributed by atoms with Crippen LogP contribution in [-0.4, -0.2) is 66.5 Å². The van der Waals surface area contributed by atoms with Crippen LogP contribution in [0, 0.1) is 5.92 Å². The van der Waals surface area contributed by atoms with Crippen LogP contribution in [0.25, 0.3) is 0 Å². The summed E-state index contributed by atoms with van der Waals surface area (Å²) in [4.78, 5) is 10.8. The lowest BCUT2D eigenvalue weighted by Crippen LogP contribution is -2.46. The summed E-state index contributed by atoms with van der Waals surface area (Å²) in [5.41, 5.74) is 0. The van der Waals surface area contributed by atoms with Crippen molar-refractivity contribution < 1.29 is 23.4 Å². The average Bonchev–Trinajstić information content (AvgIpc) is 2.35. The van der Waals surface area contributed by atoms with Crippen LogP contribution in [0.5, 0.6) is 0 Å². The summed E-state index contributed by atoms with van der Waals surface area (Å²) in [6.07, 6.45) is 1.09. The summed E-state index contributed by atoms with van der Waals surface area (Å²) in [6, 6.07) is 0. The van der Waals surface area contributed by atoms with Gasteiger partial charge in [-0.05, 0) is 19.3 Å². The molecular formula is C10H20N2O5S. The first-order chi connectivity index (χ1) is 8.39. The third-order valence-corrected chi connectivity index (χ3v) is 5.14.